The molecule has 0 bridgehead atoms. The summed E-state index contributed by atoms with van der Waals surface area (Å²) in [4.78, 5) is 48.2. The van der Waals surface area contributed by atoms with E-state index in [9.17, 15) is 27.6 Å². The highest BCUT2D eigenvalue weighted by molar-refractivity contribution is 7.13. The second kappa shape index (κ2) is 13.9. The van der Waals surface area contributed by atoms with Crippen molar-refractivity contribution in [2.24, 2.45) is 5.92 Å². The van der Waals surface area contributed by atoms with E-state index in [0.717, 1.165) is 12.1 Å². The van der Waals surface area contributed by atoms with Crippen LogP contribution in [0.15, 0.2) is 53.9 Å². The molecule has 0 atom stereocenters. The fourth-order valence-corrected chi connectivity index (χ4v) is 5.44. The molecule has 1 aliphatic rings. The van der Waals surface area contributed by atoms with E-state index < -0.39 is 17.6 Å². The maximum atomic E-state index is 13.1. The number of nitrogens with one attached hydrogen (secondary N) is 1. The summed E-state index contributed by atoms with van der Waals surface area (Å²) in [6.07, 6.45) is -4.38. The summed E-state index contributed by atoms with van der Waals surface area (Å²) in [5.41, 5.74) is 0.713. The molecule has 1 aliphatic heterocycles. The Bertz CT molecular complexity index is 1420. The van der Waals surface area contributed by atoms with E-state index in [1.807, 2.05) is 18.7 Å². The topological polar surface area (TPSA) is 95.1 Å². The molecule has 0 spiro atoms. The second-order valence-corrected chi connectivity index (χ2v) is 11.5. The molecule has 0 unspecified atom stereocenters. The summed E-state index contributed by atoms with van der Waals surface area (Å²) in [5.74, 6) is -0.0647. The van der Waals surface area contributed by atoms with Crippen LogP contribution in [0, 0.1) is 5.92 Å². The molecular weight excluding hydrogens is 583 g/mol. The van der Waals surface area contributed by atoms with Gasteiger partial charge in [-0.25, -0.2) is 4.98 Å². The van der Waals surface area contributed by atoms with Crippen LogP contribution >= 0.6 is 11.3 Å². The summed E-state index contributed by atoms with van der Waals surface area (Å²) < 4.78 is 44.4. The predicted molar refractivity (Wildman–Crippen MR) is 158 cm³/mol. The summed E-state index contributed by atoms with van der Waals surface area (Å²) >= 11 is 1.19. The Hall–Kier alpha value is -4.13. The van der Waals surface area contributed by atoms with Gasteiger partial charge in [0.2, 0.25) is 11.8 Å². The monoisotopic (exact) mass is 617 g/mol. The average Bonchev–Trinajstić information content (AvgIpc) is 3.42. The second-order valence-electron chi connectivity index (χ2n) is 10.6. The average molecular weight is 618 g/mol. The van der Waals surface area contributed by atoms with Gasteiger partial charge in [-0.3, -0.25) is 14.4 Å². The molecule has 1 saturated heterocycles. The number of aromatic nitrogens is 1. The molecular formula is C30H34F3N5O4S. The van der Waals surface area contributed by atoms with E-state index in [4.69, 9.17) is 4.74 Å². The molecule has 1 aromatic heterocycles. The van der Waals surface area contributed by atoms with Gasteiger partial charge in [-0.15, -0.1) is 11.3 Å². The van der Waals surface area contributed by atoms with Crippen LogP contribution in [0.4, 0.5) is 24.0 Å². The fraction of sp³-hybridized carbons (Fsp3) is 0.400. The van der Waals surface area contributed by atoms with E-state index in [1.165, 1.54) is 22.3 Å². The highest BCUT2D eigenvalue weighted by Gasteiger charge is 2.31. The van der Waals surface area contributed by atoms with Crippen molar-refractivity contribution in [3.05, 3.63) is 70.7 Å². The lowest BCUT2D eigenvalue weighted by atomic mass is 10.1. The van der Waals surface area contributed by atoms with Crippen LogP contribution in [0.2, 0.25) is 0 Å². The number of ether oxygens (including phenoxy) is 1. The lowest BCUT2D eigenvalue weighted by Crippen LogP contribution is -2.49. The zero-order valence-corrected chi connectivity index (χ0v) is 25.0. The molecule has 1 fully saturated rings. The van der Waals surface area contributed by atoms with E-state index in [0.29, 0.717) is 60.5 Å². The molecule has 2 heterocycles. The Morgan fingerprint density at radius 2 is 1.77 bits per heavy atom. The number of benzene rings is 2. The van der Waals surface area contributed by atoms with E-state index in [-0.39, 0.29) is 30.7 Å². The lowest BCUT2D eigenvalue weighted by Gasteiger charge is -2.36. The number of halogens is 3. The molecule has 43 heavy (non-hydrogen) atoms. The predicted octanol–water partition coefficient (Wildman–Crippen LogP) is 4.80. The fourth-order valence-electron chi connectivity index (χ4n) is 4.71. The number of hydrogen-bond acceptors (Lipinski definition) is 7. The first-order chi connectivity index (χ1) is 20.4. The van der Waals surface area contributed by atoms with Crippen molar-refractivity contribution in [2.75, 3.05) is 56.6 Å². The van der Waals surface area contributed by atoms with Gasteiger partial charge in [-0.05, 0) is 48.4 Å². The number of hydrogen-bond donors (Lipinski definition) is 1. The smallest absolute Gasteiger partial charge is 0.416 e. The van der Waals surface area contributed by atoms with Gasteiger partial charge < -0.3 is 24.8 Å². The molecule has 1 N–H and O–H groups in total. The zero-order chi connectivity index (χ0) is 31.1. The van der Waals surface area contributed by atoms with E-state index in [2.05, 4.69) is 10.3 Å². The van der Waals surface area contributed by atoms with Gasteiger partial charge in [-0.2, -0.15) is 13.2 Å². The number of amides is 3. The number of rotatable bonds is 10. The minimum Gasteiger partial charge on any atom is -0.497 e. The first-order valence-corrected chi connectivity index (χ1v) is 14.7. The molecule has 3 aromatic rings. The van der Waals surface area contributed by atoms with Crippen molar-refractivity contribution in [2.45, 2.75) is 26.4 Å². The van der Waals surface area contributed by atoms with Gasteiger partial charge in [0.15, 0.2) is 5.13 Å². The van der Waals surface area contributed by atoms with Crippen LogP contribution in [0.25, 0.3) is 0 Å². The Balaban J connectivity index is 1.29. The summed E-state index contributed by atoms with van der Waals surface area (Å²) in [7, 11) is 1.54. The van der Waals surface area contributed by atoms with Crippen molar-refractivity contribution in [1.82, 2.24) is 14.8 Å². The van der Waals surface area contributed by atoms with Crippen LogP contribution in [0.3, 0.4) is 0 Å². The molecule has 0 aliphatic carbocycles. The Kier molecular flexibility index (Phi) is 10.3. The summed E-state index contributed by atoms with van der Waals surface area (Å²) in [5, 5.41) is 4.74. The molecule has 0 radical (unpaired) electrons. The minimum absolute atomic E-state index is 0.0331. The largest absolute Gasteiger partial charge is 0.497 e. The summed E-state index contributed by atoms with van der Waals surface area (Å²) in [6, 6.07) is 11.9. The maximum absolute atomic E-state index is 13.1. The van der Waals surface area contributed by atoms with Crippen molar-refractivity contribution in [3.8, 4) is 5.75 Å². The number of nitrogens with zero attached hydrogens (tertiary/aromatic N) is 4. The number of anilines is 2. The number of carbonyl (C=O) groups excluding carboxylic acids is 3. The molecule has 13 heteroatoms. The Morgan fingerprint density at radius 3 is 2.40 bits per heavy atom. The zero-order valence-electron chi connectivity index (χ0n) is 24.2. The highest BCUT2D eigenvalue weighted by atomic mass is 32.1. The van der Waals surface area contributed by atoms with Gasteiger partial charge in [-0.1, -0.05) is 19.9 Å². The first kappa shape index (κ1) is 31.8. The van der Waals surface area contributed by atoms with Crippen molar-refractivity contribution < 1.29 is 32.3 Å². The quantitative estimate of drug-likeness (QED) is 0.352. The number of piperazine rings is 1. The van der Waals surface area contributed by atoms with Crippen molar-refractivity contribution >= 4 is 39.9 Å². The number of alkyl halides is 3. The summed E-state index contributed by atoms with van der Waals surface area (Å²) in [6.45, 7) is 5.71. The Morgan fingerprint density at radius 1 is 1.07 bits per heavy atom. The number of carbonyl (C=O) groups is 3. The van der Waals surface area contributed by atoms with Gasteiger partial charge in [0.1, 0.15) is 12.3 Å². The third-order valence-electron chi connectivity index (χ3n) is 6.85. The van der Waals surface area contributed by atoms with Gasteiger partial charge >= 0.3 is 6.18 Å². The van der Waals surface area contributed by atoms with E-state index in [1.54, 1.807) is 47.7 Å². The normalized spacial score (nSPS) is 13.7. The molecule has 0 saturated carbocycles. The standard InChI is InChI=1S/C30H34F3N5O4S/c1-20(2)17-38(28(41)21-7-9-25(42-3)10-8-21)18-26(39)35-29-34-23(19-43-29)16-27(40)37-13-11-36(12-14-37)24-6-4-5-22(15-24)30(31,32)33/h4-10,15,19-20H,11-14,16-18H2,1-3H3,(H,34,35,39). The third kappa shape index (κ3) is 8.69. The highest BCUT2D eigenvalue weighted by Crippen LogP contribution is 2.32. The van der Waals surface area contributed by atoms with Gasteiger partial charge in [0, 0.05) is 49.4 Å². The van der Waals surface area contributed by atoms with Crippen LogP contribution in [-0.2, 0) is 22.2 Å². The van der Waals surface area contributed by atoms with E-state index >= 15 is 0 Å². The Labute approximate surface area is 252 Å². The number of methoxy groups -OCH3 is 1. The van der Waals surface area contributed by atoms with Crippen LogP contribution in [0.1, 0.15) is 35.5 Å². The lowest BCUT2D eigenvalue weighted by molar-refractivity contribution is -0.137. The SMILES string of the molecule is COc1ccc(C(=O)N(CC(=O)Nc2nc(CC(=O)N3CCN(c4cccc(C(F)(F)F)c4)CC3)cs2)CC(C)C)cc1. The first-order valence-electron chi connectivity index (χ1n) is 13.8. The van der Waals surface area contributed by atoms with Crippen LogP contribution in [0.5, 0.6) is 5.75 Å². The van der Waals surface area contributed by atoms with Crippen molar-refractivity contribution in [1.29, 1.82) is 0 Å². The van der Waals surface area contributed by atoms with Gasteiger partial charge in [0.05, 0.1) is 24.8 Å². The third-order valence-corrected chi connectivity index (χ3v) is 7.65. The maximum Gasteiger partial charge on any atom is 0.416 e. The molecule has 4 rings (SSSR count). The van der Waals surface area contributed by atoms with Crippen LogP contribution < -0.4 is 15.0 Å². The molecule has 9 nitrogen and oxygen atoms in total. The molecule has 230 valence electrons. The minimum atomic E-state index is -4.41. The van der Waals surface area contributed by atoms with Gasteiger partial charge in [0.25, 0.3) is 5.91 Å². The van der Waals surface area contributed by atoms with Crippen LogP contribution in [-0.4, -0.2) is 78.9 Å². The number of thiazole rings is 1. The molecule has 2 aromatic carbocycles. The van der Waals surface area contributed by atoms with Crippen molar-refractivity contribution in [3.63, 3.8) is 0 Å². The molecule has 3 amide bonds.